The molecule has 2 aromatic rings. The van der Waals surface area contributed by atoms with Crippen molar-refractivity contribution >= 4 is 5.91 Å². The van der Waals surface area contributed by atoms with Gasteiger partial charge in [-0.05, 0) is 64.9 Å². The van der Waals surface area contributed by atoms with Crippen LogP contribution in [0.4, 0.5) is 8.78 Å². The van der Waals surface area contributed by atoms with Crippen molar-refractivity contribution in [1.82, 2.24) is 14.8 Å². The number of amides is 1. The molecule has 0 radical (unpaired) electrons. The Labute approximate surface area is 164 Å². The molecule has 1 fully saturated rings. The summed E-state index contributed by atoms with van der Waals surface area (Å²) >= 11 is 0. The Morgan fingerprint density at radius 3 is 2.57 bits per heavy atom. The molecular weight excluding hydrogens is 364 g/mol. The summed E-state index contributed by atoms with van der Waals surface area (Å²) in [6.45, 7) is 9.44. The number of hydrogen-bond donors (Lipinski definition) is 0. The van der Waals surface area contributed by atoms with Crippen LogP contribution in [0.3, 0.4) is 0 Å². The highest BCUT2D eigenvalue weighted by molar-refractivity contribution is 5.78. The highest BCUT2D eigenvalue weighted by Crippen LogP contribution is 2.27. The van der Waals surface area contributed by atoms with Crippen molar-refractivity contribution in [2.24, 2.45) is 5.92 Å². The number of carbonyl (C=O) groups excluding carboxylic acids is 1. The number of aryl methyl sites for hydroxylation is 1. The van der Waals surface area contributed by atoms with Gasteiger partial charge in [0.05, 0.1) is 11.3 Å². The molecule has 0 bridgehead atoms. The van der Waals surface area contributed by atoms with E-state index in [-0.39, 0.29) is 23.3 Å². The van der Waals surface area contributed by atoms with Gasteiger partial charge in [0.2, 0.25) is 11.8 Å². The van der Waals surface area contributed by atoms with Gasteiger partial charge in [-0.2, -0.15) is 0 Å². The van der Waals surface area contributed by atoms with Crippen molar-refractivity contribution in [2.75, 3.05) is 26.2 Å². The molecule has 1 aromatic carbocycles. The lowest BCUT2D eigenvalue weighted by Gasteiger charge is -2.33. The number of oxazole rings is 1. The molecule has 0 saturated carbocycles. The van der Waals surface area contributed by atoms with E-state index < -0.39 is 11.6 Å². The summed E-state index contributed by atoms with van der Waals surface area (Å²) in [7, 11) is 0. The SMILES string of the molecule is CCN(CC)C(=O)C1CCN(Cc2nc(-c3cc(F)ccc3F)oc2C)CC1. The summed E-state index contributed by atoms with van der Waals surface area (Å²) in [5, 5.41) is 0. The van der Waals surface area contributed by atoms with E-state index in [1.165, 1.54) is 0 Å². The third kappa shape index (κ3) is 4.41. The second-order valence-electron chi connectivity index (χ2n) is 7.21. The molecule has 7 heteroatoms. The van der Waals surface area contributed by atoms with Gasteiger partial charge in [0.1, 0.15) is 17.4 Å². The average Bonchev–Trinajstić information content (AvgIpc) is 3.05. The van der Waals surface area contributed by atoms with E-state index in [0.717, 1.165) is 57.2 Å². The van der Waals surface area contributed by atoms with E-state index in [2.05, 4.69) is 9.88 Å². The van der Waals surface area contributed by atoms with Gasteiger partial charge in [-0.25, -0.2) is 13.8 Å². The Hall–Kier alpha value is -2.28. The fourth-order valence-electron chi connectivity index (χ4n) is 3.69. The number of benzene rings is 1. The minimum Gasteiger partial charge on any atom is -0.441 e. The van der Waals surface area contributed by atoms with Crippen LogP contribution in [0, 0.1) is 24.5 Å². The Morgan fingerprint density at radius 2 is 1.93 bits per heavy atom. The van der Waals surface area contributed by atoms with Crippen LogP contribution in [0.2, 0.25) is 0 Å². The molecule has 28 heavy (non-hydrogen) atoms. The molecule has 0 spiro atoms. The average molecular weight is 391 g/mol. The molecule has 0 unspecified atom stereocenters. The van der Waals surface area contributed by atoms with Gasteiger partial charge in [0, 0.05) is 25.6 Å². The number of aromatic nitrogens is 1. The predicted octanol–water partition coefficient (Wildman–Crippen LogP) is 4.01. The maximum Gasteiger partial charge on any atom is 0.229 e. The van der Waals surface area contributed by atoms with Crippen LogP contribution in [0.5, 0.6) is 0 Å². The first kappa shape index (κ1) is 20.5. The molecule has 0 atom stereocenters. The largest absolute Gasteiger partial charge is 0.441 e. The second-order valence-corrected chi connectivity index (χ2v) is 7.21. The van der Waals surface area contributed by atoms with Crippen molar-refractivity contribution < 1.29 is 18.0 Å². The maximum atomic E-state index is 14.0. The van der Waals surface area contributed by atoms with E-state index in [0.29, 0.717) is 18.0 Å². The third-order valence-electron chi connectivity index (χ3n) is 5.44. The van der Waals surface area contributed by atoms with Crippen LogP contribution in [0.1, 0.15) is 38.1 Å². The first-order valence-electron chi connectivity index (χ1n) is 9.85. The number of rotatable bonds is 6. The zero-order valence-electron chi connectivity index (χ0n) is 16.7. The molecule has 0 aliphatic carbocycles. The van der Waals surface area contributed by atoms with Gasteiger partial charge in [-0.1, -0.05) is 0 Å². The number of likely N-dealkylation sites (tertiary alicyclic amines) is 1. The van der Waals surface area contributed by atoms with Gasteiger partial charge >= 0.3 is 0 Å². The van der Waals surface area contributed by atoms with Crippen molar-refractivity contribution in [3.05, 3.63) is 41.3 Å². The molecule has 1 aliphatic rings. The third-order valence-corrected chi connectivity index (χ3v) is 5.44. The highest BCUT2D eigenvalue weighted by atomic mass is 19.1. The van der Waals surface area contributed by atoms with Gasteiger partial charge in [0.15, 0.2) is 0 Å². The number of carbonyl (C=O) groups is 1. The highest BCUT2D eigenvalue weighted by Gasteiger charge is 2.28. The number of piperidine rings is 1. The Bertz CT molecular complexity index is 825. The topological polar surface area (TPSA) is 49.6 Å². The Kier molecular flexibility index (Phi) is 6.44. The zero-order chi connectivity index (χ0) is 20.3. The minimum atomic E-state index is -0.565. The van der Waals surface area contributed by atoms with Crippen LogP contribution >= 0.6 is 0 Å². The molecule has 5 nitrogen and oxygen atoms in total. The lowest BCUT2D eigenvalue weighted by atomic mass is 9.95. The number of hydrogen-bond acceptors (Lipinski definition) is 4. The van der Waals surface area contributed by atoms with E-state index >= 15 is 0 Å². The second kappa shape index (κ2) is 8.82. The normalized spacial score (nSPS) is 15.8. The van der Waals surface area contributed by atoms with Crippen molar-refractivity contribution in [3.8, 4) is 11.5 Å². The lowest BCUT2D eigenvalue weighted by Crippen LogP contribution is -2.42. The van der Waals surface area contributed by atoms with Crippen molar-refractivity contribution in [1.29, 1.82) is 0 Å². The minimum absolute atomic E-state index is 0.0258. The van der Waals surface area contributed by atoms with Crippen LogP contribution in [0.15, 0.2) is 22.6 Å². The van der Waals surface area contributed by atoms with Crippen molar-refractivity contribution in [2.45, 2.75) is 40.2 Å². The number of halogens is 2. The van der Waals surface area contributed by atoms with Crippen LogP contribution in [0.25, 0.3) is 11.5 Å². The van der Waals surface area contributed by atoms with E-state index in [9.17, 15) is 13.6 Å². The molecule has 1 aliphatic heterocycles. The summed E-state index contributed by atoms with van der Waals surface area (Å²) in [6.07, 6.45) is 1.63. The molecule has 1 amide bonds. The molecule has 152 valence electrons. The Balaban J connectivity index is 1.64. The van der Waals surface area contributed by atoms with E-state index in [4.69, 9.17) is 4.42 Å². The van der Waals surface area contributed by atoms with Gasteiger partial charge in [0.25, 0.3) is 0 Å². The van der Waals surface area contributed by atoms with Gasteiger partial charge < -0.3 is 9.32 Å². The van der Waals surface area contributed by atoms with Gasteiger partial charge in [-0.15, -0.1) is 0 Å². The van der Waals surface area contributed by atoms with Gasteiger partial charge in [-0.3, -0.25) is 9.69 Å². The summed E-state index contributed by atoms with van der Waals surface area (Å²) in [5.74, 6) is -0.0904. The fourth-order valence-corrected chi connectivity index (χ4v) is 3.69. The predicted molar refractivity (Wildman–Crippen MR) is 103 cm³/mol. The van der Waals surface area contributed by atoms with Crippen LogP contribution in [-0.4, -0.2) is 46.9 Å². The van der Waals surface area contributed by atoms with Crippen molar-refractivity contribution in [3.63, 3.8) is 0 Å². The molecule has 0 N–H and O–H groups in total. The molecular formula is C21H27F2N3O2. The van der Waals surface area contributed by atoms with E-state index in [1.54, 1.807) is 6.92 Å². The molecule has 1 aromatic heterocycles. The van der Waals surface area contributed by atoms with Crippen LogP contribution < -0.4 is 0 Å². The van der Waals surface area contributed by atoms with Crippen LogP contribution in [-0.2, 0) is 11.3 Å². The van der Waals surface area contributed by atoms with E-state index in [1.807, 2.05) is 18.7 Å². The summed E-state index contributed by atoms with van der Waals surface area (Å²) in [5.41, 5.74) is 0.741. The summed E-state index contributed by atoms with van der Waals surface area (Å²) < 4.78 is 33.0. The fraction of sp³-hybridized carbons (Fsp3) is 0.524. The standard InChI is InChI=1S/C21H27F2N3O2/c1-4-26(5-2)21(27)15-8-10-25(11-9-15)13-19-14(3)28-20(24-19)17-12-16(22)6-7-18(17)23/h6-7,12,15H,4-5,8-11,13H2,1-3H3. The first-order valence-corrected chi connectivity index (χ1v) is 9.85. The smallest absolute Gasteiger partial charge is 0.229 e. The molecule has 3 rings (SSSR count). The maximum absolute atomic E-state index is 14.0. The molecule has 2 heterocycles. The summed E-state index contributed by atoms with van der Waals surface area (Å²) in [4.78, 5) is 21.0. The summed E-state index contributed by atoms with van der Waals surface area (Å²) in [6, 6.07) is 3.23. The zero-order valence-corrected chi connectivity index (χ0v) is 16.7. The number of nitrogens with zero attached hydrogens (tertiary/aromatic N) is 3. The monoisotopic (exact) mass is 391 g/mol. The first-order chi connectivity index (χ1) is 13.4. The Morgan fingerprint density at radius 1 is 1.25 bits per heavy atom. The lowest BCUT2D eigenvalue weighted by molar-refractivity contribution is -0.136. The molecule has 1 saturated heterocycles. The quantitative estimate of drug-likeness (QED) is 0.747.